The molecule has 0 heterocycles. The lowest BCUT2D eigenvalue weighted by atomic mass is 10.1. The molecular weight excluding hydrogens is 249 g/mol. The first-order chi connectivity index (χ1) is 8.49. The third-order valence-corrected chi connectivity index (χ3v) is 4.43. The van der Waals surface area contributed by atoms with Gasteiger partial charge in [-0.15, -0.1) is 11.8 Å². The number of halogens is 1. The summed E-state index contributed by atoms with van der Waals surface area (Å²) < 4.78 is 13.6. The normalized spacial score (nSPS) is 14.6. The minimum Gasteiger partial charge on any atom is -0.396 e. The fraction of sp³-hybridized carbons (Fsp3) is 0.571. The standard InChI is InChI=1S/C14H22FNOS/c1-9(7-17)8-18-14-5-10(2)13(15)6-12(14)11(3)16-4/h5-6,9,11,16-17H,7-8H2,1-4H3. The molecule has 0 radical (unpaired) electrons. The fourth-order valence-corrected chi connectivity index (χ4v) is 2.81. The molecule has 1 aromatic carbocycles. The van der Waals surface area contributed by atoms with E-state index in [4.69, 9.17) is 5.11 Å². The van der Waals surface area contributed by atoms with E-state index >= 15 is 0 Å². The third-order valence-electron chi connectivity index (χ3n) is 3.03. The molecule has 1 rings (SSSR count). The van der Waals surface area contributed by atoms with Crippen molar-refractivity contribution in [2.45, 2.75) is 31.7 Å². The summed E-state index contributed by atoms with van der Waals surface area (Å²) in [6.45, 7) is 5.99. The number of aliphatic hydroxyl groups is 1. The number of aliphatic hydroxyl groups excluding tert-OH is 1. The molecule has 2 nitrogen and oxygen atoms in total. The van der Waals surface area contributed by atoms with Gasteiger partial charge in [0, 0.05) is 23.3 Å². The molecule has 18 heavy (non-hydrogen) atoms. The highest BCUT2D eigenvalue weighted by atomic mass is 32.2. The van der Waals surface area contributed by atoms with Crippen molar-refractivity contribution < 1.29 is 9.50 Å². The summed E-state index contributed by atoms with van der Waals surface area (Å²) in [5.41, 5.74) is 1.65. The van der Waals surface area contributed by atoms with Crippen LogP contribution in [0.15, 0.2) is 17.0 Å². The predicted octanol–water partition coefficient (Wildman–Crippen LogP) is 3.14. The highest BCUT2D eigenvalue weighted by Gasteiger charge is 2.13. The molecule has 0 aliphatic heterocycles. The van der Waals surface area contributed by atoms with Crippen LogP contribution in [0.1, 0.15) is 31.0 Å². The monoisotopic (exact) mass is 271 g/mol. The van der Waals surface area contributed by atoms with Gasteiger partial charge < -0.3 is 10.4 Å². The van der Waals surface area contributed by atoms with Gasteiger partial charge in [0.2, 0.25) is 0 Å². The molecule has 0 aliphatic carbocycles. The van der Waals surface area contributed by atoms with Crippen molar-refractivity contribution in [1.29, 1.82) is 0 Å². The predicted molar refractivity (Wildman–Crippen MR) is 75.6 cm³/mol. The van der Waals surface area contributed by atoms with Crippen LogP contribution >= 0.6 is 11.8 Å². The van der Waals surface area contributed by atoms with E-state index in [0.29, 0.717) is 5.56 Å². The molecule has 0 aliphatic rings. The third kappa shape index (κ3) is 3.97. The molecule has 2 atom stereocenters. The first-order valence-electron chi connectivity index (χ1n) is 6.20. The number of rotatable bonds is 6. The highest BCUT2D eigenvalue weighted by Crippen LogP contribution is 2.31. The number of benzene rings is 1. The van der Waals surface area contributed by atoms with Crippen LogP contribution in [0.25, 0.3) is 0 Å². The van der Waals surface area contributed by atoms with E-state index in [1.165, 1.54) is 0 Å². The van der Waals surface area contributed by atoms with Crippen LogP contribution in [0, 0.1) is 18.7 Å². The second-order valence-corrected chi connectivity index (χ2v) is 5.81. The lowest BCUT2D eigenvalue weighted by Crippen LogP contribution is -2.14. The number of aryl methyl sites for hydroxylation is 1. The van der Waals surface area contributed by atoms with Crippen LogP contribution < -0.4 is 5.32 Å². The van der Waals surface area contributed by atoms with E-state index < -0.39 is 0 Å². The molecule has 2 N–H and O–H groups in total. The molecule has 0 amide bonds. The summed E-state index contributed by atoms with van der Waals surface area (Å²) >= 11 is 1.68. The average Bonchev–Trinajstić information content (AvgIpc) is 2.38. The fourth-order valence-electron chi connectivity index (χ4n) is 1.57. The van der Waals surface area contributed by atoms with Crippen molar-refractivity contribution in [3.05, 3.63) is 29.1 Å². The Kier molecular flexibility index (Phi) is 6.12. The van der Waals surface area contributed by atoms with Crippen molar-refractivity contribution in [3.63, 3.8) is 0 Å². The minimum atomic E-state index is -0.161. The molecule has 0 fully saturated rings. The largest absolute Gasteiger partial charge is 0.396 e. The molecule has 0 aromatic heterocycles. The summed E-state index contributed by atoms with van der Waals surface area (Å²) in [5.74, 6) is 0.926. The maximum atomic E-state index is 13.6. The van der Waals surface area contributed by atoms with Gasteiger partial charge in [0.15, 0.2) is 0 Å². The van der Waals surface area contributed by atoms with Crippen molar-refractivity contribution in [2.24, 2.45) is 5.92 Å². The van der Waals surface area contributed by atoms with Crippen molar-refractivity contribution in [3.8, 4) is 0 Å². The highest BCUT2D eigenvalue weighted by molar-refractivity contribution is 7.99. The summed E-state index contributed by atoms with van der Waals surface area (Å²) in [4.78, 5) is 1.09. The van der Waals surface area contributed by atoms with Crippen LogP contribution in [0.5, 0.6) is 0 Å². The number of hydrogen-bond acceptors (Lipinski definition) is 3. The van der Waals surface area contributed by atoms with E-state index in [0.717, 1.165) is 16.2 Å². The van der Waals surface area contributed by atoms with Crippen molar-refractivity contribution in [1.82, 2.24) is 5.32 Å². The van der Waals surface area contributed by atoms with Gasteiger partial charge in [0.1, 0.15) is 5.82 Å². The van der Waals surface area contributed by atoms with Crippen LogP contribution in [0.2, 0.25) is 0 Å². The van der Waals surface area contributed by atoms with Gasteiger partial charge in [-0.3, -0.25) is 0 Å². The molecule has 0 spiro atoms. The summed E-state index contributed by atoms with van der Waals surface area (Å²) in [7, 11) is 1.87. The Hall–Kier alpha value is -0.580. The SMILES string of the molecule is CNC(C)c1cc(F)c(C)cc1SCC(C)CO. The average molecular weight is 271 g/mol. The topological polar surface area (TPSA) is 32.3 Å². The van der Waals surface area contributed by atoms with Crippen molar-refractivity contribution in [2.75, 3.05) is 19.4 Å². The molecule has 1 aromatic rings. The number of nitrogens with one attached hydrogen (secondary N) is 1. The lowest BCUT2D eigenvalue weighted by molar-refractivity contribution is 0.250. The van der Waals surface area contributed by atoms with E-state index in [1.807, 2.05) is 27.0 Å². The Bertz CT molecular complexity index is 398. The maximum Gasteiger partial charge on any atom is 0.126 e. The van der Waals surface area contributed by atoms with E-state index in [9.17, 15) is 4.39 Å². The zero-order chi connectivity index (χ0) is 13.7. The van der Waals surface area contributed by atoms with Gasteiger partial charge in [-0.05, 0) is 50.1 Å². The minimum absolute atomic E-state index is 0.118. The maximum absolute atomic E-state index is 13.6. The molecule has 0 saturated heterocycles. The van der Waals surface area contributed by atoms with Crippen LogP contribution in [0.3, 0.4) is 0 Å². The Morgan fingerprint density at radius 1 is 1.39 bits per heavy atom. The van der Waals surface area contributed by atoms with Gasteiger partial charge in [-0.1, -0.05) is 6.92 Å². The number of thioether (sulfide) groups is 1. The smallest absolute Gasteiger partial charge is 0.126 e. The first kappa shape index (κ1) is 15.5. The summed E-state index contributed by atoms with van der Waals surface area (Å²) in [5, 5.41) is 12.2. The Labute approximate surface area is 113 Å². The second kappa shape index (κ2) is 7.12. The van der Waals surface area contributed by atoms with Crippen LogP contribution in [0.4, 0.5) is 4.39 Å². The zero-order valence-corrected chi connectivity index (χ0v) is 12.3. The molecule has 4 heteroatoms. The Morgan fingerprint density at radius 2 is 2.06 bits per heavy atom. The van der Waals surface area contributed by atoms with Gasteiger partial charge in [0.05, 0.1) is 0 Å². The second-order valence-electron chi connectivity index (χ2n) is 4.75. The quantitative estimate of drug-likeness (QED) is 0.780. The Balaban J connectivity index is 2.96. The van der Waals surface area contributed by atoms with Crippen molar-refractivity contribution >= 4 is 11.8 Å². The van der Waals surface area contributed by atoms with E-state index in [2.05, 4.69) is 5.32 Å². The summed E-state index contributed by atoms with van der Waals surface area (Å²) in [6.07, 6.45) is 0. The van der Waals surface area contributed by atoms with Gasteiger partial charge in [-0.25, -0.2) is 4.39 Å². The Morgan fingerprint density at radius 3 is 2.61 bits per heavy atom. The lowest BCUT2D eigenvalue weighted by Gasteiger charge is -2.18. The van der Waals surface area contributed by atoms with Gasteiger partial charge >= 0.3 is 0 Å². The molecule has 0 bridgehead atoms. The molecule has 2 unspecified atom stereocenters. The molecule has 0 saturated carbocycles. The van der Waals surface area contributed by atoms with E-state index in [-0.39, 0.29) is 24.4 Å². The van der Waals surface area contributed by atoms with E-state index in [1.54, 1.807) is 24.8 Å². The first-order valence-corrected chi connectivity index (χ1v) is 7.19. The molecule has 102 valence electrons. The molecular formula is C14H22FNOS. The van der Waals surface area contributed by atoms with Crippen LogP contribution in [-0.2, 0) is 0 Å². The zero-order valence-electron chi connectivity index (χ0n) is 11.5. The summed E-state index contributed by atoms with van der Waals surface area (Å²) in [6, 6.07) is 3.63. The van der Waals surface area contributed by atoms with Gasteiger partial charge in [0.25, 0.3) is 0 Å². The number of hydrogen-bond donors (Lipinski definition) is 2. The van der Waals surface area contributed by atoms with Crippen LogP contribution in [-0.4, -0.2) is 24.5 Å². The van der Waals surface area contributed by atoms with Gasteiger partial charge in [-0.2, -0.15) is 0 Å².